The van der Waals surface area contributed by atoms with Gasteiger partial charge in [0.1, 0.15) is 5.75 Å². The lowest BCUT2D eigenvalue weighted by molar-refractivity contribution is 0.404. The van der Waals surface area contributed by atoms with E-state index in [-0.39, 0.29) is 5.54 Å². The first kappa shape index (κ1) is 14.4. The van der Waals surface area contributed by atoms with E-state index in [0.717, 1.165) is 12.3 Å². The highest BCUT2D eigenvalue weighted by Crippen LogP contribution is 2.31. The molecule has 0 heterocycles. The predicted molar refractivity (Wildman–Crippen MR) is 76.1 cm³/mol. The van der Waals surface area contributed by atoms with Crippen LogP contribution in [0.25, 0.3) is 0 Å². The minimum absolute atomic E-state index is 0.176. The van der Waals surface area contributed by atoms with E-state index >= 15 is 0 Å². The monoisotopic (exact) mass is 253 g/mol. The smallest absolute Gasteiger partial charge is 0.132 e. The van der Waals surface area contributed by atoms with Crippen LogP contribution in [0.4, 0.5) is 0 Å². The van der Waals surface area contributed by atoms with Crippen LogP contribution in [0.3, 0.4) is 0 Å². The fourth-order valence-electron chi connectivity index (χ4n) is 1.42. The standard InChI is InChI=1S/C14H23NOS/c1-11(10-15-14(2,3)4)17-13-9-7-6-8-12(13)16-5/h6-9,11,15H,10H2,1-5H3. The Labute approximate surface area is 109 Å². The highest BCUT2D eigenvalue weighted by molar-refractivity contribution is 8.00. The second kappa shape index (κ2) is 6.31. The van der Waals surface area contributed by atoms with Crippen molar-refractivity contribution in [1.82, 2.24) is 5.32 Å². The van der Waals surface area contributed by atoms with Crippen LogP contribution in [0.5, 0.6) is 5.75 Å². The topological polar surface area (TPSA) is 21.3 Å². The largest absolute Gasteiger partial charge is 0.496 e. The zero-order chi connectivity index (χ0) is 12.9. The molecule has 17 heavy (non-hydrogen) atoms. The van der Waals surface area contributed by atoms with Gasteiger partial charge in [-0.1, -0.05) is 19.1 Å². The normalized spacial score (nSPS) is 13.5. The molecule has 0 radical (unpaired) electrons. The predicted octanol–water partition coefficient (Wildman–Crippen LogP) is 3.56. The number of ether oxygens (including phenoxy) is 1. The number of para-hydroxylation sites is 1. The summed E-state index contributed by atoms with van der Waals surface area (Å²) in [6, 6.07) is 8.17. The number of hydrogen-bond acceptors (Lipinski definition) is 3. The van der Waals surface area contributed by atoms with E-state index in [2.05, 4.69) is 45.1 Å². The van der Waals surface area contributed by atoms with E-state index in [1.165, 1.54) is 4.90 Å². The highest BCUT2D eigenvalue weighted by atomic mass is 32.2. The molecule has 3 heteroatoms. The molecule has 0 saturated heterocycles. The third-order valence-corrected chi connectivity index (χ3v) is 3.48. The molecule has 0 bridgehead atoms. The van der Waals surface area contributed by atoms with Crippen molar-refractivity contribution in [2.24, 2.45) is 0 Å². The molecule has 1 unspecified atom stereocenters. The van der Waals surface area contributed by atoms with Crippen LogP contribution in [0.2, 0.25) is 0 Å². The summed E-state index contributed by atoms with van der Waals surface area (Å²) in [6.07, 6.45) is 0. The van der Waals surface area contributed by atoms with Gasteiger partial charge < -0.3 is 10.1 Å². The molecule has 1 rings (SSSR count). The maximum Gasteiger partial charge on any atom is 0.132 e. The van der Waals surface area contributed by atoms with Crippen LogP contribution in [0, 0.1) is 0 Å². The van der Waals surface area contributed by atoms with Crippen LogP contribution in [-0.4, -0.2) is 24.4 Å². The van der Waals surface area contributed by atoms with Crippen LogP contribution in [0.1, 0.15) is 27.7 Å². The summed E-state index contributed by atoms with van der Waals surface area (Å²) in [7, 11) is 1.72. The van der Waals surface area contributed by atoms with Crippen molar-refractivity contribution in [2.45, 2.75) is 43.4 Å². The molecule has 0 aliphatic rings. The number of methoxy groups -OCH3 is 1. The lowest BCUT2D eigenvalue weighted by atomic mass is 10.1. The summed E-state index contributed by atoms with van der Waals surface area (Å²) in [4.78, 5) is 1.21. The lowest BCUT2D eigenvalue weighted by Crippen LogP contribution is -2.39. The molecular formula is C14H23NOS. The lowest BCUT2D eigenvalue weighted by Gasteiger charge is -2.23. The third kappa shape index (κ3) is 5.46. The first-order valence-electron chi connectivity index (χ1n) is 5.97. The van der Waals surface area contributed by atoms with Crippen molar-refractivity contribution in [1.29, 1.82) is 0 Å². The van der Waals surface area contributed by atoms with Crippen molar-refractivity contribution in [2.75, 3.05) is 13.7 Å². The SMILES string of the molecule is COc1ccccc1SC(C)CNC(C)(C)C. The summed E-state index contributed by atoms with van der Waals surface area (Å²) in [6.45, 7) is 9.79. The molecule has 2 nitrogen and oxygen atoms in total. The Kier molecular flexibility index (Phi) is 5.34. The van der Waals surface area contributed by atoms with Gasteiger partial charge in [0.2, 0.25) is 0 Å². The average molecular weight is 253 g/mol. The maximum atomic E-state index is 5.35. The Balaban J connectivity index is 2.53. The molecule has 0 aromatic heterocycles. The second-order valence-electron chi connectivity index (χ2n) is 5.21. The molecule has 1 aromatic carbocycles. The molecule has 1 N–H and O–H groups in total. The number of rotatable bonds is 5. The van der Waals surface area contributed by atoms with E-state index in [9.17, 15) is 0 Å². The Morgan fingerprint density at radius 1 is 1.29 bits per heavy atom. The Bertz CT molecular complexity index is 346. The number of nitrogens with one attached hydrogen (secondary N) is 1. The van der Waals surface area contributed by atoms with Crippen molar-refractivity contribution in [3.8, 4) is 5.75 Å². The maximum absolute atomic E-state index is 5.35. The fraction of sp³-hybridized carbons (Fsp3) is 0.571. The third-order valence-electron chi connectivity index (χ3n) is 2.32. The number of hydrogen-bond donors (Lipinski definition) is 1. The van der Waals surface area contributed by atoms with Gasteiger partial charge in [-0.05, 0) is 32.9 Å². The highest BCUT2D eigenvalue weighted by Gasteiger charge is 2.13. The second-order valence-corrected chi connectivity index (χ2v) is 6.69. The Hall–Kier alpha value is -0.670. The van der Waals surface area contributed by atoms with Gasteiger partial charge in [0.25, 0.3) is 0 Å². The van der Waals surface area contributed by atoms with Crippen LogP contribution < -0.4 is 10.1 Å². The Morgan fingerprint density at radius 2 is 1.94 bits per heavy atom. The minimum atomic E-state index is 0.176. The molecule has 0 aliphatic carbocycles. The molecule has 96 valence electrons. The van der Waals surface area contributed by atoms with Crippen molar-refractivity contribution < 1.29 is 4.74 Å². The van der Waals surface area contributed by atoms with Gasteiger partial charge in [-0.25, -0.2) is 0 Å². The molecule has 0 aliphatic heterocycles. The summed E-state index contributed by atoms with van der Waals surface area (Å²) in [5, 5.41) is 4.04. The van der Waals surface area contributed by atoms with Gasteiger partial charge in [0, 0.05) is 22.2 Å². The minimum Gasteiger partial charge on any atom is -0.496 e. The first-order valence-corrected chi connectivity index (χ1v) is 6.85. The molecule has 0 saturated carbocycles. The summed E-state index contributed by atoms with van der Waals surface area (Å²) < 4.78 is 5.35. The van der Waals surface area contributed by atoms with Crippen molar-refractivity contribution >= 4 is 11.8 Å². The zero-order valence-electron chi connectivity index (χ0n) is 11.4. The van der Waals surface area contributed by atoms with Gasteiger partial charge in [0.15, 0.2) is 0 Å². The van der Waals surface area contributed by atoms with E-state index in [4.69, 9.17) is 4.74 Å². The van der Waals surface area contributed by atoms with E-state index < -0.39 is 0 Å². The van der Waals surface area contributed by atoms with Crippen molar-refractivity contribution in [3.63, 3.8) is 0 Å². The van der Waals surface area contributed by atoms with Crippen LogP contribution in [0.15, 0.2) is 29.2 Å². The summed E-state index contributed by atoms with van der Waals surface area (Å²) in [5.41, 5.74) is 0.176. The zero-order valence-corrected chi connectivity index (χ0v) is 12.2. The fourth-order valence-corrected chi connectivity index (χ4v) is 2.45. The van der Waals surface area contributed by atoms with Crippen molar-refractivity contribution in [3.05, 3.63) is 24.3 Å². The number of thioether (sulfide) groups is 1. The Morgan fingerprint density at radius 3 is 2.53 bits per heavy atom. The van der Waals surface area contributed by atoms with E-state index in [1.807, 2.05) is 23.9 Å². The summed E-state index contributed by atoms with van der Waals surface area (Å²) in [5.74, 6) is 0.958. The van der Waals surface area contributed by atoms with Gasteiger partial charge in [0.05, 0.1) is 7.11 Å². The van der Waals surface area contributed by atoms with Gasteiger partial charge >= 0.3 is 0 Å². The van der Waals surface area contributed by atoms with Crippen LogP contribution in [-0.2, 0) is 0 Å². The number of benzene rings is 1. The van der Waals surface area contributed by atoms with Gasteiger partial charge in [-0.15, -0.1) is 11.8 Å². The molecule has 0 amide bonds. The average Bonchev–Trinajstić information content (AvgIpc) is 2.26. The van der Waals surface area contributed by atoms with Gasteiger partial charge in [-0.2, -0.15) is 0 Å². The molecular weight excluding hydrogens is 230 g/mol. The molecule has 0 fully saturated rings. The molecule has 1 aromatic rings. The quantitative estimate of drug-likeness (QED) is 0.811. The van der Waals surface area contributed by atoms with E-state index in [0.29, 0.717) is 5.25 Å². The molecule has 1 atom stereocenters. The molecule has 0 spiro atoms. The summed E-state index contributed by atoms with van der Waals surface area (Å²) >= 11 is 1.85. The van der Waals surface area contributed by atoms with Gasteiger partial charge in [-0.3, -0.25) is 0 Å². The van der Waals surface area contributed by atoms with E-state index in [1.54, 1.807) is 7.11 Å². The first-order chi connectivity index (χ1) is 7.92. The van der Waals surface area contributed by atoms with Crippen LogP contribution >= 0.6 is 11.8 Å².